The van der Waals surface area contributed by atoms with E-state index in [2.05, 4.69) is 27.5 Å². The Morgan fingerprint density at radius 2 is 1.60 bits per heavy atom. The maximum absolute atomic E-state index is 13.9. The first-order valence-corrected chi connectivity index (χ1v) is 14.9. The van der Waals surface area contributed by atoms with Crippen LogP contribution >= 0.6 is 27.3 Å². The maximum Gasteiger partial charge on any atom is 0.307 e. The van der Waals surface area contributed by atoms with Crippen molar-refractivity contribution in [2.24, 2.45) is 0 Å². The molecule has 0 radical (unpaired) electrons. The van der Waals surface area contributed by atoms with Gasteiger partial charge < -0.3 is 37.9 Å². The molecule has 2 N–H and O–H groups in total. The highest BCUT2D eigenvalue weighted by Crippen LogP contribution is 2.39. The molecule has 0 atom stereocenters. The SMILES string of the molecule is C=C(c1ccc(OCCOc2c(-c3ccc(OC)c(OC)c3)oc3cc(OC)cc(OC)c3c2=O)c(Br)c1)c1sc(=O)[nH]c1O. The molecule has 0 unspecified atom stereocenters. The van der Waals surface area contributed by atoms with Crippen LogP contribution in [-0.4, -0.2) is 51.7 Å². The smallest absolute Gasteiger partial charge is 0.307 e. The Morgan fingerprint density at radius 3 is 2.24 bits per heavy atom. The first-order valence-electron chi connectivity index (χ1n) is 13.3. The predicted octanol–water partition coefficient (Wildman–Crippen LogP) is 6.23. The zero-order valence-corrected chi connectivity index (χ0v) is 27.1. The van der Waals surface area contributed by atoms with Crippen molar-refractivity contribution in [3.63, 3.8) is 0 Å². The molecule has 0 aliphatic carbocycles. The van der Waals surface area contributed by atoms with Crippen LogP contribution in [0.25, 0.3) is 27.9 Å². The second-order valence-corrected chi connectivity index (χ2v) is 11.2. The van der Waals surface area contributed by atoms with Crippen molar-refractivity contribution in [1.29, 1.82) is 0 Å². The van der Waals surface area contributed by atoms with E-state index in [4.69, 9.17) is 32.8 Å². The number of halogens is 1. The molecule has 11 nitrogen and oxygen atoms in total. The minimum Gasteiger partial charge on any atom is -0.496 e. The molecule has 3 aromatic carbocycles. The lowest BCUT2D eigenvalue weighted by molar-refractivity contribution is 0.213. The molecular formula is C32H28BrNO10S. The topological polar surface area (TPSA) is 139 Å². The molecule has 2 heterocycles. The Bertz CT molecular complexity index is 2010. The number of aromatic nitrogens is 1. The zero-order chi connectivity index (χ0) is 32.2. The summed E-state index contributed by atoms with van der Waals surface area (Å²) < 4.78 is 40.5. The normalized spacial score (nSPS) is 10.9. The maximum atomic E-state index is 13.9. The van der Waals surface area contributed by atoms with Gasteiger partial charge in [0.05, 0.1) is 37.8 Å². The van der Waals surface area contributed by atoms with Gasteiger partial charge in [-0.15, -0.1) is 0 Å². The summed E-state index contributed by atoms with van der Waals surface area (Å²) in [6.07, 6.45) is 0. The van der Waals surface area contributed by atoms with Crippen molar-refractivity contribution in [3.8, 4) is 51.7 Å². The van der Waals surface area contributed by atoms with Gasteiger partial charge in [-0.1, -0.05) is 24.0 Å². The second kappa shape index (κ2) is 13.4. The lowest BCUT2D eigenvalue weighted by atomic mass is 10.1. The minimum atomic E-state index is -0.445. The molecule has 0 saturated carbocycles. The van der Waals surface area contributed by atoms with Gasteiger partial charge in [0.15, 0.2) is 17.3 Å². The van der Waals surface area contributed by atoms with Crippen LogP contribution in [-0.2, 0) is 0 Å². The highest BCUT2D eigenvalue weighted by atomic mass is 79.9. The quantitative estimate of drug-likeness (QED) is 0.144. The van der Waals surface area contributed by atoms with Gasteiger partial charge in [0.25, 0.3) is 0 Å². The third-order valence-corrected chi connectivity index (χ3v) is 8.32. The Kier molecular flexibility index (Phi) is 9.40. The molecule has 5 rings (SSSR count). The van der Waals surface area contributed by atoms with Crippen LogP contribution in [0.4, 0.5) is 0 Å². The fourth-order valence-corrected chi connectivity index (χ4v) is 5.79. The fourth-order valence-electron chi connectivity index (χ4n) is 4.58. The molecule has 13 heteroatoms. The summed E-state index contributed by atoms with van der Waals surface area (Å²) >= 11 is 4.36. The van der Waals surface area contributed by atoms with Gasteiger partial charge in [-0.25, -0.2) is 0 Å². The Morgan fingerprint density at radius 1 is 0.889 bits per heavy atom. The van der Waals surface area contributed by atoms with Crippen LogP contribution in [0.3, 0.4) is 0 Å². The molecule has 0 bridgehead atoms. The van der Waals surface area contributed by atoms with E-state index < -0.39 is 5.43 Å². The molecule has 45 heavy (non-hydrogen) atoms. The van der Waals surface area contributed by atoms with Gasteiger partial charge in [-0.3, -0.25) is 14.6 Å². The third kappa shape index (κ3) is 6.35. The summed E-state index contributed by atoms with van der Waals surface area (Å²) in [5.41, 5.74) is 1.47. The minimum absolute atomic E-state index is 0.0128. The Hall–Kier alpha value is -4.88. The first-order chi connectivity index (χ1) is 21.7. The van der Waals surface area contributed by atoms with Gasteiger partial charge >= 0.3 is 4.87 Å². The number of H-pyrrole nitrogens is 1. The number of thiazole rings is 1. The molecule has 234 valence electrons. The largest absolute Gasteiger partial charge is 0.496 e. The lowest BCUT2D eigenvalue weighted by Crippen LogP contribution is -2.16. The molecule has 5 aromatic rings. The summed E-state index contributed by atoms with van der Waals surface area (Å²) in [6.45, 7) is 4.05. The molecule has 0 fully saturated rings. The van der Waals surface area contributed by atoms with Gasteiger partial charge in [0.2, 0.25) is 17.1 Å². The van der Waals surface area contributed by atoms with E-state index >= 15 is 0 Å². The molecule has 0 aliphatic rings. The number of hydrogen-bond acceptors (Lipinski definition) is 11. The molecule has 0 amide bonds. The van der Waals surface area contributed by atoms with Crippen LogP contribution in [0.15, 0.2) is 73.6 Å². The average Bonchev–Trinajstić information content (AvgIpc) is 3.39. The van der Waals surface area contributed by atoms with Crippen molar-refractivity contribution >= 4 is 43.8 Å². The number of aromatic amines is 1. The Balaban J connectivity index is 1.43. The van der Waals surface area contributed by atoms with Crippen LogP contribution in [0.1, 0.15) is 10.4 Å². The van der Waals surface area contributed by atoms with Crippen molar-refractivity contribution in [3.05, 3.63) is 89.9 Å². The summed E-state index contributed by atoms with van der Waals surface area (Å²) in [5, 5.41) is 10.2. The van der Waals surface area contributed by atoms with E-state index in [9.17, 15) is 14.7 Å². The number of benzene rings is 3. The number of ether oxygens (including phenoxy) is 6. The first kappa shape index (κ1) is 31.5. The van der Waals surface area contributed by atoms with Crippen LogP contribution in [0, 0.1) is 0 Å². The molecule has 0 aliphatic heterocycles. The van der Waals surface area contributed by atoms with Crippen molar-refractivity contribution in [2.45, 2.75) is 0 Å². The second-order valence-electron chi connectivity index (χ2n) is 9.37. The van der Waals surface area contributed by atoms with E-state index in [0.29, 0.717) is 49.0 Å². The predicted molar refractivity (Wildman–Crippen MR) is 174 cm³/mol. The van der Waals surface area contributed by atoms with Crippen molar-refractivity contribution < 1.29 is 37.9 Å². The molecule has 0 spiro atoms. The monoisotopic (exact) mass is 697 g/mol. The fraction of sp³-hybridized carbons (Fsp3) is 0.188. The van der Waals surface area contributed by atoms with Gasteiger partial charge in [-0.05, 0) is 57.4 Å². The highest BCUT2D eigenvalue weighted by Gasteiger charge is 2.23. The van der Waals surface area contributed by atoms with E-state index in [1.807, 2.05) is 0 Å². The van der Waals surface area contributed by atoms with Crippen LogP contribution in [0.2, 0.25) is 0 Å². The number of fused-ring (bicyclic) bond motifs is 1. The number of methoxy groups -OCH3 is 4. The number of rotatable bonds is 12. The van der Waals surface area contributed by atoms with Crippen LogP contribution in [0.5, 0.6) is 40.4 Å². The van der Waals surface area contributed by atoms with Gasteiger partial charge in [0.1, 0.15) is 41.4 Å². The highest BCUT2D eigenvalue weighted by molar-refractivity contribution is 9.10. The standard InChI is InChI=1S/C32H28BrNO10S/c1-16(30-31(36)34-32(37)45-30)17-6-8-21(20(33)12-17)42-10-11-43-29-27(35)26-24(41-5)14-19(38-2)15-25(26)44-28(29)18-7-9-22(39-3)23(13-18)40-4/h6-9,12-15,36H,1,10-11H2,2-5H3,(H,34,37). The summed E-state index contributed by atoms with van der Waals surface area (Å²) in [6, 6.07) is 13.5. The number of nitrogens with one attached hydrogen (secondary N) is 1. The van der Waals surface area contributed by atoms with E-state index in [1.165, 1.54) is 28.4 Å². The van der Waals surface area contributed by atoms with Crippen molar-refractivity contribution in [1.82, 2.24) is 4.98 Å². The molecule has 0 saturated heterocycles. The van der Waals surface area contributed by atoms with Crippen LogP contribution < -0.4 is 38.7 Å². The van der Waals surface area contributed by atoms with Gasteiger partial charge in [-0.2, -0.15) is 0 Å². The third-order valence-electron chi connectivity index (χ3n) is 6.76. The lowest BCUT2D eigenvalue weighted by Gasteiger charge is -2.16. The number of aromatic hydroxyl groups is 1. The summed E-state index contributed by atoms with van der Waals surface area (Å²) in [7, 11) is 5.99. The zero-order valence-electron chi connectivity index (χ0n) is 24.6. The van der Waals surface area contributed by atoms with Crippen molar-refractivity contribution in [2.75, 3.05) is 41.7 Å². The van der Waals surface area contributed by atoms with Gasteiger partial charge in [0, 0.05) is 17.7 Å². The van der Waals surface area contributed by atoms with E-state index in [1.54, 1.807) is 48.5 Å². The van der Waals surface area contributed by atoms with E-state index in [-0.39, 0.29) is 52.2 Å². The Labute approximate surface area is 269 Å². The summed E-state index contributed by atoms with van der Waals surface area (Å²) in [4.78, 5) is 27.8. The molecule has 2 aromatic heterocycles. The molecular weight excluding hydrogens is 670 g/mol. The number of hydrogen-bond donors (Lipinski definition) is 2. The average molecular weight is 699 g/mol. The summed E-state index contributed by atoms with van der Waals surface area (Å²) in [5.74, 6) is 2.05. The van der Waals surface area contributed by atoms with E-state index in [0.717, 1.165) is 11.3 Å².